The molecule has 0 saturated carbocycles. The number of hydrogen-bond acceptors (Lipinski definition) is 5. The molecule has 0 aliphatic heterocycles. The molecule has 0 radical (unpaired) electrons. The van der Waals surface area contributed by atoms with E-state index in [9.17, 15) is 0 Å². The predicted octanol–water partition coefficient (Wildman–Crippen LogP) is 3.63. The minimum atomic E-state index is 0.466. The summed E-state index contributed by atoms with van der Waals surface area (Å²) in [4.78, 5) is 8.25. The van der Waals surface area contributed by atoms with Crippen molar-refractivity contribution in [1.29, 1.82) is 0 Å². The topological polar surface area (TPSA) is 63.8 Å². The molecular formula is C13H11ClN4O. The van der Waals surface area contributed by atoms with Crippen molar-refractivity contribution in [1.82, 2.24) is 15.1 Å². The third kappa shape index (κ3) is 2.13. The van der Waals surface area contributed by atoms with Crippen molar-refractivity contribution in [2.75, 3.05) is 5.32 Å². The van der Waals surface area contributed by atoms with Crippen LogP contribution in [0.4, 0.5) is 11.5 Å². The zero-order valence-electron chi connectivity index (χ0n) is 10.4. The normalized spacial score (nSPS) is 10.9. The van der Waals surface area contributed by atoms with Gasteiger partial charge in [0.1, 0.15) is 17.5 Å². The van der Waals surface area contributed by atoms with Crippen LogP contribution in [0.25, 0.3) is 11.1 Å². The summed E-state index contributed by atoms with van der Waals surface area (Å²) in [5, 5.41) is 8.58. The van der Waals surface area contributed by atoms with Crippen molar-refractivity contribution in [2.24, 2.45) is 0 Å². The molecule has 2 aromatic heterocycles. The van der Waals surface area contributed by atoms with Gasteiger partial charge in [0.25, 0.3) is 5.71 Å². The van der Waals surface area contributed by atoms with E-state index in [1.165, 1.54) is 6.33 Å². The Bertz CT molecular complexity index is 753. The maximum Gasteiger partial charge on any atom is 0.263 e. The van der Waals surface area contributed by atoms with Crippen molar-refractivity contribution < 1.29 is 4.52 Å². The van der Waals surface area contributed by atoms with Crippen LogP contribution in [0.3, 0.4) is 0 Å². The van der Waals surface area contributed by atoms with Gasteiger partial charge in [0, 0.05) is 10.7 Å². The summed E-state index contributed by atoms with van der Waals surface area (Å²) in [6.07, 6.45) is 1.44. The van der Waals surface area contributed by atoms with E-state index in [-0.39, 0.29) is 0 Å². The Hall–Kier alpha value is -2.14. The lowest BCUT2D eigenvalue weighted by Gasteiger charge is -2.07. The summed E-state index contributed by atoms with van der Waals surface area (Å²) in [5.74, 6) is 0.656. The van der Waals surface area contributed by atoms with Crippen LogP contribution in [0.15, 0.2) is 29.0 Å². The number of rotatable bonds is 2. The minimum Gasteiger partial charge on any atom is -0.339 e. The number of aryl methyl sites for hydroxylation is 2. The van der Waals surface area contributed by atoms with E-state index in [1.807, 2.05) is 32.0 Å². The first kappa shape index (κ1) is 11.9. The lowest BCUT2D eigenvalue weighted by Crippen LogP contribution is -1.96. The first-order valence-electron chi connectivity index (χ1n) is 5.75. The molecule has 0 fully saturated rings. The fourth-order valence-electron chi connectivity index (χ4n) is 1.82. The predicted molar refractivity (Wildman–Crippen MR) is 73.8 cm³/mol. The molecular weight excluding hydrogens is 264 g/mol. The number of halogens is 1. The van der Waals surface area contributed by atoms with Crippen molar-refractivity contribution >= 4 is 34.2 Å². The zero-order valence-corrected chi connectivity index (χ0v) is 11.2. The van der Waals surface area contributed by atoms with Crippen LogP contribution in [-0.4, -0.2) is 15.1 Å². The molecule has 3 aromatic rings. The summed E-state index contributed by atoms with van der Waals surface area (Å²) in [7, 11) is 0. The van der Waals surface area contributed by atoms with Crippen LogP contribution < -0.4 is 5.32 Å². The molecule has 0 atom stereocenters. The molecule has 6 heteroatoms. The van der Waals surface area contributed by atoms with Gasteiger partial charge in [0.05, 0.1) is 5.69 Å². The second kappa shape index (κ2) is 4.51. The molecule has 19 heavy (non-hydrogen) atoms. The number of anilines is 2. The van der Waals surface area contributed by atoms with Crippen molar-refractivity contribution in [2.45, 2.75) is 13.8 Å². The van der Waals surface area contributed by atoms with E-state index in [2.05, 4.69) is 20.4 Å². The van der Waals surface area contributed by atoms with E-state index in [0.717, 1.165) is 22.3 Å². The molecule has 0 spiro atoms. The standard InChI is InChI=1S/C13H11ClN4O/c1-7-3-4-9(5-10(7)14)17-12-11-8(2)18-19-13(11)16-6-15-12/h3-6H,1-2H3,(H,15,16,17). The molecule has 0 bridgehead atoms. The van der Waals surface area contributed by atoms with Crippen molar-refractivity contribution in [3.8, 4) is 0 Å². The molecule has 0 aliphatic carbocycles. The van der Waals surface area contributed by atoms with Gasteiger partial charge in [0.15, 0.2) is 0 Å². The van der Waals surface area contributed by atoms with Crippen molar-refractivity contribution in [3.63, 3.8) is 0 Å². The van der Waals surface area contributed by atoms with Gasteiger partial charge in [0.2, 0.25) is 0 Å². The van der Waals surface area contributed by atoms with Gasteiger partial charge in [-0.05, 0) is 31.5 Å². The maximum absolute atomic E-state index is 6.10. The third-order valence-corrected chi connectivity index (χ3v) is 3.29. The molecule has 5 nitrogen and oxygen atoms in total. The summed E-state index contributed by atoms with van der Waals surface area (Å²) in [6, 6.07) is 5.75. The number of benzene rings is 1. The van der Waals surface area contributed by atoms with Gasteiger partial charge in [-0.2, -0.15) is 4.98 Å². The molecule has 0 unspecified atom stereocenters. The Morgan fingerprint density at radius 2 is 2.05 bits per heavy atom. The highest BCUT2D eigenvalue weighted by Crippen LogP contribution is 2.27. The highest BCUT2D eigenvalue weighted by molar-refractivity contribution is 6.31. The van der Waals surface area contributed by atoms with Gasteiger partial charge < -0.3 is 9.84 Å². The third-order valence-electron chi connectivity index (χ3n) is 2.88. The maximum atomic E-state index is 6.10. The average Bonchev–Trinajstić information content (AvgIpc) is 2.77. The quantitative estimate of drug-likeness (QED) is 0.773. The lowest BCUT2D eigenvalue weighted by molar-refractivity contribution is 0.442. The second-order valence-corrected chi connectivity index (χ2v) is 4.67. The Balaban J connectivity index is 2.05. The fourth-order valence-corrected chi connectivity index (χ4v) is 2.00. The summed E-state index contributed by atoms with van der Waals surface area (Å²) >= 11 is 6.10. The van der Waals surface area contributed by atoms with Gasteiger partial charge >= 0.3 is 0 Å². The van der Waals surface area contributed by atoms with Crippen molar-refractivity contribution in [3.05, 3.63) is 40.8 Å². The Labute approximate surface area is 114 Å². The first-order valence-corrected chi connectivity index (χ1v) is 6.13. The van der Waals surface area contributed by atoms with Gasteiger partial charge in [-0.1, -0.05) is 22.8 Å². The summed E-state index contributed by atoms with van der Waals surface area (Å²) < 4.78 is 5.10. The van der Waals surface area contributed by atoms with E-state index >= 15 is 0 Å². The molecule has 96 valence electrons. The molecule has 0 amide bonds. The van der Waals surface area contributed by atoms with Crippen LogP contribution >= 0.6 is 11.6 Å². The number of nitrogens with one attached hydrogen (secondary N) is 1. The average molecular weight is 275 g/mol. The second-order valence-electron chi connectivity index (χ2n) is 4.26. The minimum absolute atomic E-state index is 0.466. The van der Waals surface area contributed by atoms with Gasteiger partial charge in [-0.3, -0.25) is 0 Å². The van der Waals surface area contributed by atoms with Gasteiger partial charge in [-0.15, -0.1) is 0 Å². The molecule has 0 saturated heterocycles. The fraction of sp³-hybridized carbons (Fsp3) is 0.154. The Morgan fingerprint density at radius 3 is 2.84 bits per heavy atom. The molecule has 2 heterocycles. The highest BCUT2D eigenvalue weighted by Gasteiger charge is 2.12. The monoisotopic (exact) mass is 274 g/mol. The SMILES string of the molecule is Cc1ccc(Nc2ncnc3onc(C)c23)cc1Cl. The number of hydrogen-bond donors (Lipinski definition) is 1. The van der Waals surface area contributed by atoms with Crippen LogP contribution in [0.2, 0.25) is 5.02 Å². The van der Waals surface area contributed by atoms with Crippen LogP contribution in [0.1, 0.15) is 11.3 Å². The summed E-state index contributed by atoms with van der Waals surface area (Å²) in [5.41, 5.74) is 3.10. The van der Waals surface area contributed by atoms with Crippen LogP contribution in [0, 0.1) is 13.8 Å². The van der Waals surface area contributed by atoms with Crippen LogP contribution in [-0.2, 0) is 0 Å². The van der Waals surface area contributed by atoms with E-state index in [4.69, 9.17) is 16.1 Å². The highest BCUT2D eigenvalue weighted by atomic mass is 35.5. The first-order chi connectivity index (χ1) is 9.15. The summed E-state index contributed by atoms with van der Waals surface area (Å²) in [6.45, 7) is 3.81. The van der Waals surface area contributed by atoms with E-state index in [1.54, 1.807) is 0 Å². The number of fused-ring (bicyclic) bond motifs is 1. The van der Waals surface area contributed by atoms with E-state index < -0.39 is 0 Å². The largest absolute Gasteiger partial charge is 0.339 e. The molecule has 1 N–H and O–H groups in total. The Morgan fingerprint density at radius 1 is 1.21 bits per heavy atom. The van der Waals surface area contributed by atoms with Crippen LogP contribution in [0.5, 0.6) is 0 Å². The lowest BCUT2D eigenvalue weighted by atomic mass is 10.2. The molecule has 0 aliphatic rings. The number of aromatic nitrogens is 3. The molecule has 3 rings (SSSR count). The van der Waals surface area contributed by atoms with Gasteiger partial charge in [-0.25, -0.2) is 4.98 Å². The van der Waals surface area contributed by atoms with E-state index in [0.29, 0.717) is 16.6 Å². The molecule has 1 aromatic carbocycles. The zero-order chi connectivity index (χ0) is 13.4. The Kier molecular flexibility index (Phi) is 2.83. The smallest absolute Gasteiger partial charge is 0.263 e. The number of nitrogens with zero attached hydrogens (tertiary/aromatic N) is 3.